The fraction of sp³-hybridized carbons (Fsp3) is 0.533. The van der Waals surface area contributed by atoms with Crippen molar-refractivity contribution in [3.8, 4) is 0 Å². The number of oxime groups is 1. The number of rotatable bonds is 7. The van der Waals surface area contributed by atoms with Crippen molar-refractivity contribution in [2.45, 2.75) is 37.4 Å². The number of carboxylic acid groups (broad SMARTS) is 1. The second-order valence-electron chi connectivity index (χ2n) is 5.64. The third-order valence-electron chi connectivity index (χ3n) is 3.85. The minimum atomic E-state index is -1.18. The highest BCUT2D eigenvalue weighted by Gasteiger charge is 2.50. The van der Waals surface area contributed by atoms with Crippen LogP contribution in [0.1, 0.15) is 25.7 Å². The molecule has 0 aromatic carbocycles. The maximum atomic E-state index is 12.2. The van der Waals surface area contributed by atoms with Gasteiger partial charge in [0.25, 0.3) is 5.91 Å². The summed E-state index contributed by atoms with van der Waals surface area (Å²) in [4.78, 5) is 28.0. The van der Waals surface area contributed by atoms with Crippen LogP contribution >= 0.6 is 31.9 Å². The van der Waals surface area contributed by atoms with E-state index in [0.717, 1.165) is 0 Å². The van der Waals surface area contributed by atoms with E-state index in [9.17, 15) is 14.7 Å². The standard InChI is InChI=1S/C15H18Br2N2O6/c1-24-12-8(16)6-15(13(22)11(12)17)7-9(19-25-15)14(23)18-5-3-2-4-10(20)21/h6,13,22H,2-5,7H2,1H3,(H,18,23)(H,20,21). The summed E-state index contributed by atoms with van der Waals surface area (Å²) in [6.45, 7) is 0.345. The number of aliphatic carboxylic acids is 1. The summed E-state index contributed by atoms with van der Waals surface area (Å²) in [7, 11) is 1.48. The molecule has 0 saturated heterocycles. The van der Waals surface area contributed by atoms with Gasteiger partial charge in [0.2, 0.25) is 0 Å². The van der Waals surface area contributed by atoms with Crippen LogP contribution in [0.2, 0.25) is 0 Å². The minimum absolute atomic E-state index is 0.0657. The summed E-state index contributed by atoms with van der Waals surface area (Å²) in [5.74, 6) is -0.820. The van der Waals surface area contributed by atoms with Crippen molar-refractivity contribution < 1.29 is 29.4 Å². The van der Waals surface area contributed by atoms with Crippen molar-refractivity contribution in [2.24, 2.45) is 5.16 Å². The molecule has 2 unspecified atom stereocenters. The van der Waals surface area contributed by atoms with Crippen molar-refractivity contribution in [1.29, 1.82) is 0 Å². The molecule has 1 amide bonds. The van der Waals surface area contributed by atoms with Crippen molar-refractivity contribution >= 4 is 49.4 Å². The van der Waals surface area contributed by atoms with Gasteiger partial charge in [0.1, 0.15) is 17.6 Å². The molecule has 0 aromatic heterocycles. The summed E-state index contributed by atoms with van der Waals surface area (Å²) in [6.07, 6.45) is 1.74. The van der Waals surface area contributed by atoms with Crippen LogP contribution in [0.3, 0.4) is 0 Å². The third kappa shape index (κ3) is 4.42. The number of aliphatic hydroxyl groups excluding tert-OH is 1. The molecule has 2 atom stereocenters. The maximum Gasteiger partial charge on any atom is 0.303 e. The van der Waals surface area contributed by atoms with Crippen LogP contribution < -0.4 is 5.32 Å². The summed E-state index contributed by atoms with van der Waals surface area (Å²) < 4.78 is 6.18. The number of hydrogen-bond acceptors (Lipinski definition) is 6. The maximum absolute atomic E-state index is 12.2. The summed E-state index contributed by atoms with van der Waals surface area (Å²) >= 11 is 6.64. The van der Waals surface area contributed by atoms with Gasteiger partial charge in [-0.1, -0.05) is 5.16 Å². The van der Waals surface area contributed by atoms with Crippen LogP contribution in [0, 0.1) is 0 Å². The highest BCUT2D eigenvalue weighted by Crippen LogP contribution is 2.43. The van der Waals surface area contributed by atoms with Gasteiger partial charge in [-0.25, -0.2) is 0 Å². The number of nitrogens with one attached hydrogen (secondary N) is 1. The van der Waals surface area contributed by atoms with E-state index >= 15 is 0 Å². The average Bonchev–Trinajstić information content (AvgIpc) is 2.97. The van der Waals surface area contributed by atoms with Crippen LogP contribution in [0.25, 0.3) is 0 Å². The van der Waals surface area contributed by atoms with Gasteiger partial charge in [-0.3, -0.25) is 9.59 Å². The van der Waals surface area contributed by atoms with Gasteiger partial charge in [0.15, 0.2) is 5.60 Å². The van der Waals surface area contributed by atoms with E-state index in [2.05, 4.69) is 42.3 Å². The van der Waals surface area contributed by atoms with E-state index in [-0.39, 0.29) is 18.6 Å². The highest BCUT2D eigenvalue weighted by molar-refractivity contribution is 9.12. The monoisotopic (exact) mass is 480 g/mol. The molecule has 1 aliphatic carbocycles. The lowest BCUT2D eigenvalue weighted by molar-refractivity contribution is -0.137. The molecule has 0 saturated carbocycles. The lowest BCUT2D eigenvalue weighted by Gasteiger charge is -2.33. The van der Waals surface area contributed by atoms with Crippen LogP contribution in [-0.2, 0) is 19.2 Å². The van der Waals surface area contributed by atoms with Crippen molar-refractivity contribution in [2.75, 3.05) is 13.7 Å². The number of carbonyl (C=O) groups is 2. The first kappa shape index (κ1) is 19.9. The van der Waals surface area contributed by atoms with Gasteiger partial charge < -0.3 is 25.1 Å². The summed E-state index contributed by atoms with van der Waals surface area (Å²) in [5, 5.41) is 25.6. The van der Waals surface area contributed by atoms with E-state index in [1.807, 2.05) is 0 Å². The average molecular weight is 482 g/mol. The zero-order chi connectivity index (χ0) is 18.6. The number of carboxylic acids is 1. The number of carbonyl (C=O) groups excluding carboxylic acids is 1. The Kier molecular flexibility index (Phi) is 6.64. The van der Waals surface area contributed by atoms with Gasteiger partial charge in [-0.2, -0.15) is 0 Å². The fourth-order valence-corrected chi connectivity index (χ4v) is 4.32. The Morgan fingerprint density at radius 1 is 1.48 bits per heavy atom. The Hall–Kier alpha value is -1.39. The molecule has 2 rings (SSSR count). The molecule has 1 spiro atoms. The van der Waals surface area contributed by atoms with Crippen LogP contribution in [-0.4, -0.2) is 53.2 Å². The number of amides is 1. The van der Waals surface area contributed by atoms with E-state index in [1.54, 1.807) is 6.08 Å². The largest absolute Gasteiger partial charge is 0.495 e. The molecule has 2 aliphatic rings. The highest BCUT2D eigenvalue weighted by atomic mass is 79.9. The third-order valence-corrected chi connectivity index (χ3v) is 5.23. The quantitative estimate of drug-likeness (QED) is 0.477. The zero-order valence-corrected chi connectivity index (χ0v) is 16.6. The van der Waals surface area contributed by atoms with E-state index < -0.39 is 23.6 Å². The number of hydrogen-bond donors (Lipinski definition) is 3. The summed E-state index contributed by atoms with van der Waals surface area (Å²) in [5.41, 5.74) is -1.02. The molecule has 0 bridgehead atoms. The second kappa shape index (κ2) is 8.33. The number of unbranched alkanes of at least 4 members (excludes halogenated alkanes) is 1. The van der Waals surface area contributed by atoms with Crippen LogP contribution in [0.15, 0.2) is 26.0 Å². The molecule has 10 heteroatoms. The van der Waals surface area contributed by atoms with Crippen molar-refractivity contribution in [3.05, 3.63) is 20.8 Å². The second-order valence-corrected chi connectivity index (χ2v) is 7.35. The van der Waals surface area contributed by atoms with E-state index in [0.29, 0.717) is 34.1 Å². The molecule has 1 aliphatic heterocycles. The fourth-order valence-electron chi connectivity index (χ4n) is 2.52. The Morgan fingerprint density at radius 2 is 2.20 bits per heavy atom. The smallest absolute Gasteiger partial charge is 0.303 e. The van der Waals surface area contributed by atoms with Crippen LogP contribution in [0.4, 0.5) is 0 Å². The summed E-state index contributed by atoms with van der Waals surface area (Å²) in [6, 6.07) is 0. The van der Waals surface area contributed by atoms with Gasteiger partial charge in [-0.05, 0) is 50.8 Å². The van der Waals surface area contributed by atoms with Gasteiger partial charge in [0, 0.05) is 19.4 Å². The topological polar surface area (TPSA) is 117 Å². The number of nitrogens with zero attached hydrogens (tertiary/aromatic N) is 1. The van der Waals surface area contributed by atoms with E-state index in [4.69, 9.17) is 14.7 Å². The molecule has 8 nitrogen and oxygen atoms in total. The van der Waals surface area contributed by atoms with Gasteiger partial charge in [0.05, 0.1) is 16.1 Å². The predicted octanol–water partition coefficient (Wildman–Crippen LogP) is 1.78. The predicted molar refractivity (Wildman–Crippen MR) is 96.3 cm³/mol. The normalized spacial score (nSPS) is 25.4. The molecule has 0 radical (unpaired) electrons. The Labute approximate surface area is 161 Å². The Morgan fingerprint density at radius 3 is 2.84 bits per heavy atom. The molecule has 25 heavy (non-hydrogen) atoms. The van der Waals surface area contributed by atoms with Gasteiger partial charge >= 0.3 is 5.97 Å². The first-order valence-corrected chi connectivity index (χ1v) is 9.15. The molecular formula is C15H18Br2N2O6. The minimum Gasteiger partial charge on any atom is -0.495 e. The molecule has 3 N–H and O–H groups in total. The molecule has 1 heterocycles. The lowest BCUT2D eigenvalue weighted by Crippen LogP contribution is -2.45. The molecule has 0 fully saturated rings. The molecule has 0 aromatic rings. The first-order chi connectivity index (χ1) is 11.8. The molecular weight excluding hydrogens is 464 g/mol. The lowest BCUT2D eigenvalue weighted by atomic mass is 9.87. The first-order valence-electron chi connectivity index (χ1n) is 7.56. The SMILES string of the molecule is COC1=C(Br)C(O)C2(C=C1Br)CC(C(=O)NCCCCC(=O)O)=NO2. The zero-order valence-electron chi connectivity index (χ0n) is 13.4. The number of aliphatic hydroxyl groups is 1. The number of methoxy groups -OCH3 is 1. The molecule has 138 valence electrons. The van der Waals surface area contributed by atoms with E-state index in [1.165, 1.54) is 7.11 Å². The van der Waals surface area contributed by atoms with Crippen molar-refractivity contribution in [3.63, 3.8) is 0 Å². The van der Waals surface area contributed by atoms with Gasteiger partial charge in [-0.15, -0.1) is 0 Å². The Balaban J connectivity index is 1.93. The van der Waals surface area contributed by atoms with Crippen LogP contribution in [0.5, 0.6) is 0 Å². The van der Waals surface area contributed by atoms with Crippen molar-refractivity contribution in [1.82, 2.24) is 5.32 Å². The Bertz CT molecular complexity index is 660. The number of halogens is 2. The number of ether oxygens (including phenoxy) is 1. The number of allylic oxidation sites excluding steroid dienone is 1.